The fourth-order valence-electron chi connectivity index (χ4n) is 9.80. The molecule has 0 rings (SSSR count). The molecule has 6 nitrogen and oxygen atoms in total. The van der Waals surface area contributed by atoms with Crippen molar-refractivity contribution >= 4 is 17.9 Å². The first kappa shape index (κ1) is 75.6. The number of unbranched alkanes of at least 4 members (excludes halogenated alkanes) is 37. The van der Waals surface area contributed by atoms with Crippen molar-refractivity contribution in [1.29, 1.82) is 0 Å². The van der Waals surface area contributed by atoms with Crippen molar-refractivity contribution in [3.05, 3.63) is 85.1 Å². The second-order valence-corrected chi connectivity index (χ2v) is 22.7. The van der Waals surface area contributed by atoms with Gasteiger partial charge in [0.15, 0.2) is 6.10 Å². The summed E-state index contributed by atoms with van der Waals surface area (Å²) >= 11 is 0. The summed E-state index contributed by atoms with van der Waals surface area (Å²) in [6, 6.07) is 0. The fraction of sp³-hybridized carbons (Fsp3) is 0.767. The van der Waals surface area contributed by atoms with Gasteiger partial charge in [-0.25, -0.2) is 0 Å². The summed E-state index contributed by atoms with van der Waals surface area (Å²) in [5.41, 5.74) is 0. The third-order valence-electron chi connectivity index (χ3n) is 14.9. The molecule has 79 heavy (non-hydrogen) atoms. The standard InChI is InChI=1S/C73H128O6/c1-4-7-10-13-16-19-22-25-28-30-32-34-35-36-37-39-40-42-45-48-51-54-57-60-63-66-72(75)78-69-70(68-77-71(74)65-62-59-56-53-50-47-44-27-24-21-18-15-12-9-6-3)79-73(76)67-64-61-58-55-52-49-46-43-41-38-33-31-29-26-23-20-17-14-11-8-5-2/h7,10,16,19,23,25-26,28,31-34,41,43,70H,4-6,8-9,11-15,17-18,20-22,24,27,29-30,35-40,42,44-69H2,1-3H3/b10-7-,19-16-,26-23-,28-25-,33-31-,34-32-,43-41-. The number of carbonyl (C=O) groups excluding carboxylic acids is 3. The van der Waals surface area contributed by atoms with Gasteiger partial charge in [0.25, 0.3) is 0 Å². The van der Waals surface area contributed by atoms with Crippen molar-refractivity contribution < 1.29 is 28.6 Å². The van der Waals surface area contributed by atoms with Gasteiger partial charge in [0.1, 0.15) is 13.2 Å². The predicted octanol–water partition coefficient (Wildman–Crippen LogP) is 23.4. The molecule has 0 aliphatic heterocycles. The number of hydrogen-bond acceptors (Lipinski definition) is 6. The second-order valence-electron chi connectivity index (χ2n) is 22.7. The maximum atomic E-state index is 12.9. The first-order valence-electron chi connectivity index (χ1n) is 34.1. The lowest BCUT2D eigenvalue weighted by molar-refractivity contribution is -0.167. The zero-order valence-electron chi connectivity index (χ0n) is 52.4. The largest absolute Gasteiger partial charge is 0.462 e. The van der Waals surface area contributed by atoms with E-state index in [-0.39, 0.29) is 31.1 Å². The van der Waals surface area contributed by atoms with E-state index in [2.05, 4.69) is 106 Å². The number of rotatable bonds is 62. The Morgan fingerprint density at radius 1 is 0.266 bits per heavy atom. The molecular formula is C73H128O6. The second kappa shape index (κ2) is 67.1. The van der Waals surface area contributed by atoms with Crippen molar-refractivity contribution in [3.8, 4) is 0 Å². The van der Waals surface area contributed by atoms with Crippen LogP contribution < -0.4 is 0 Å². The summed E-state index contributed by atoms with van der Waals surface area (Å²) < 4.78 is 17.0. The first-order valence-corrected chi connectivity index (χ1v) is 34.1. The minimum absolute atomic E-state index is 0.0787. The summed E-state index contributed by atoms with van der Waals surface area (Å²) in [5.74, 6) is -0.875. The van der Waals surface area contributed by atoms with E-state index >= 15 is 0 Å². The Bertz CT molecular complexity index is 1500. The maximum Gasteiger partial charge on any atom is 0.306 e. The van der Waals surface area contributed by atoms with Crippen LogP contribution in [-0.4, -0.2) is 37.2 Å². The molecule has 0 N–H and O–H groups in total. The Labute approximate surface area is 490 Å². The molecule has 0 saturated heterocycles. The molecule has 0 amide bonds. The van der Waals surface area contributed by atoms with E-state index in [0.29, 0.717) is 19.3 Å². The molecule has 6 heteroatoms. The maximum absolute atomic E-state index is 12.9. The highest BCUT2D eigenvalue weighted by atomic mass is 16.6. The third kappa shape index (κ3) is 65.3. The van der Waals surface area contributed by atoms with E-state index in [0.717, 1.165) is 109 Å². The van der Waals surface area contributed by atoms with Crippen LogP contribution in [0.1, 0.15) is 342 Å². The molecule has 0 aliphatic rings. The molecule has 456 valence electrons. The molecule has 0 spiro atoms. The molecule has 0 radical (unpaired) electrons. The molecule has 1 unspecified atom stereocenters. The highest BCUT2D eigenvalue weighted by Gasteiger charge is 2.19. The highest BCUT2D eigenvalue weighted by molar-refractivity contribution is 5.71. The minimum Gasteiger partial charge on any atom is -0.462 e. The number of esters is 3. The zero-order valence-corrected chi connectivity index (χ0v) is 52.4. The number of allylic oxidation sites excluding steroid dienone is 14. The molecule has 0 saturated carbocycles. The lowest BCUT2D eigenvalue weighted by Gasteiger charge is -2.18. The minimum atomic E-state index is -0.784. The van der Waals surface area contributed by atoms with Crippen LogP contribution in [0.3, 0.4) is 0 Å². The van der Waals surface area contributed by atoms with Gasteiger partial charge < -0.3 is 14.2 Å². The Morgan fingerprint density at radius 2 is 0.494 bits per heavy atom. The highest BCUT2D eigenvalue weighted by Crippen LogP contribution is 2.17. The fourth-order valence-corrected chi connectivity index (χ4v) is 9.80. The number of ether oxygens (including phenoxy) is 3. The van der Waals surface area contributed by atoms with Gasteiger partial charge in [0.05, 0.1) is 0 Å². The van der Waals surface area contributed by atoms with Crippen LogP contribution in [0.4, 0.5) is 0 Å². The average Bonchev–Trinajstić information content (AvgIpc) is 3.45. The topological polar surface area (TPSA) is 78.9 Å². The van der Waals surface area contributed by atoms with Gasteiger partial charge >= 0.3 is 17.9 Å². The van der Waals surface area contributed by atoms with Gasteiger partial charge in [-0.05, 0) is 96.3 Å². The summed E-state index contributed by atoms with van der Waals surface area (Å²) in [4.78, 5) is 38.4. The Balaban J connectivity index is 4.35. The van der Waals surface area contributed by atoms with Crippen molar-refractivity contribution in [3.63, 3.8) is 0 Å². The lowest BCUT2D eigenvalue weighted by atomic mass is 10.0. The van der Waals surface area contributed by atoms with Crippen molar-refractivity contribution in [2.75, 3.05) is 13.2 Å². The number of hydrogen-bond donors (Lipinski definition) is 0. The SMILES string of the molecule is CC/C=C\C/C=C\C/C=C\C/C=C\CCCCCCCCCCCCCCC(=O)OCC(COC(=O)CCCCCCCCCCCCCCCCC)OC(=O)CCCCCCCC/C=C\C/C=C\C/C=C\CCCCCCC. The summed E-state index contributed by atoms with van der Waals surface area (Å²) in [7, 11) is 0. The smallest absolute Gasteiger partial charge is 0.306 e. The quantitative estimate of drug-likeness (QED) is 0.0261. The van der Waals surface area contributed by atoms with Crippen molar-refractivity contribution in [1.82, 2.24) is 0 Å². The molecule has 0 aromatic heterocycles. The Kier molecular flexibility index (Phi) is 64.2. The van der Waals surface area contributed by atoms with Crippen molar-refractivity contribution in [2.24, 2.45) is 0 Å². The van der Waals surface area contributed by atoms with Crippen LogP contribution in [0.25, 0.3) is 0 Å². The van der Waals surface area contributed by atoms with E-state index in [1.54, 1.807) is 0 Å². The van der Waals surface area contributed by atoms with Crippen LogP contribution in [-0.2, 0) is 28.6 Å². The molecule has 0 aliphatic carbocycles. The van der Waals surface area contributed by atoms with Gasteiger partial charge in [0, 0.05) is 19.3 Å². The van der Waals surface area contributed by atoms with Crippen LogP contribution in [0, 0.1) is 0 Å². The Morgan fingerprint density at radius 3 is 0.772 bits per heavy atom. The normalized spacial score (nSPS) is 12.6. The first-order chi connectivity index (χ1) is 39.0. The average molecular weight is 1100 g/mol. The van der Waals surface area contributed by atoms with Crippen molar-refractivity contribution in [2.45, 2.75) is 348 Å². The van der Waals surface area contributed by atoms with Gasteiger partial charge in [0.2, 0.25) is 0 Å². The zero-order chi connectivity index (χ0) is 57.1. The number of carbonyl (C=O) groups is 3. The van der Waals surface area contributed by atoms with Crippen LogP contribution in [0.2, 0.25) is 0 Å². The van der Waals surface area contributed by atoms with Crippen LogP contribution in [0.5, 0.6) is 0 Å². The predicted molar refractivity (Wildman–Crippen MR) is 344 cm³/mol. The van der Waals surface area contributed by atoms with Gasteiger partial charge in [-0.3, -0.25) is 14.4 Å². The summed E-state index contributed by atoms with van der Waals surface area (Å²) in [6.45, 7) is 6.55. The van der Waals surface area contributed by atoms with E-state index in [1.165, 1.54) is 193 Å². The van der Waals surface area contributed by atoms with E-state index in [9.17, 15) is 14.4 Å². The molecule has 0 fully saturated rings. The third-order valence-corrected chi connectivity index (χ3v) is 14.9. The Hall–Kier alpha value is -3.41. The van der Waals surface area contributed by atoms with Gasteiger partial charge in [-0.15, -0.1) is 0 Å². The molecular weight excluding hydrogens is 973 g/mol. The monoisotopic (exact) mass is 1100 g/mol. The molecule has 1 atom stereocenters. The molecule has 0 aromatic rings. The summed E-state index contributed by atoms with van der Waals surface area (Å²) in [6.07, 6.45) is 88.8. The molecule has 0 aromatic carbocycles. The van der Waals surface area contributed by atoms with Crippen LogP contribution >= 0.6 is 0 Å². The molecule has 0 heterocycles. The van der Waals surface area contributed by atoms with E-state index < -0.39 is 6.10 Å². The molecule has 0 bridgehead atoms. The van der Waals surface area contributed by atoms with Gasteiger partial charge in [-0.2, -0.15) is 0 Å². The van der Waals surface area contributed by atoms with E-state index in [1.807, 2.05) is 0 Å². The lowest BCUT2D eigenvalue weighted by Crippen LogP contribution is -2.30. The summed E-state index contributed by atoms with van der Waals surface area (Å²) in [5, 5.41) is 0. The van der Waals surface area contributed by atoms with Crippen LogP contribution in [0.15, 0.2) is 85.1 Å². The van der Waals surface area contributed by atoms with E-state index in [4.69, 9.17) is 14.2 Å². The van der Waals surface area contributed by atoms with Gasteiger partial charge in [-0.1, -0.05) is 311 Å².